The van der Waals surface area contributed by atoms with Crippen molar-refractivity contribution < 1.29 is 0 Å². The van der Waals surface area contributed by atoms with Crippen molar-refractivity contribution in [3.8, 4) is 0 Å². The predicted octanol–water partition coefficient (Wildman–Crippen LogP) is 3.33. The van der Waals surface area contributed by atoms with Crippen LogP contribution >= 0.6 is 0 Å². The molecule has 0 aromatic heterocycles. The van der Waals surface area contributed by atoms with Gasteiger partial charge in [0.15, 0.2) is 0 Å². The van der Waals surface area contributed by atoms with Crippen LogP contribution in [0.4, 0.5) is 5.69 Å². The van der Waals surface area contributed by atoms with Crippen LogP contribution in [0, 0.1) is 4.91 Å². The van der Waals surface area contributed by atoms with Gasteiger partial charge in [0.2, 0.25) is 0 Å². The van der Waals surface area contributed by atoms with Gasteiger partial charge in [0.25, 0.3) is 0 Å². The molecular formula is C9H10N4O. The number of rotatable bonds is 5. The lowest BCUT2D eigenvalue weighted by Crippen LogP contribution is -1.86. The fraction of sp³-hybridized carbons (Fsp3) is 0.333. The van der Waals surface area contributed by atoms with Crippen molar-refractivity contribution in [3.05, 3.63) is 45.2 Å². The second kappa shape index (κ2) is 5.72. The summed E-state index contributed by atoms with van der Waals surface area (Å²) in [7, 11) is 0. The molecule has 0 heterocycles. The van der Waals surface area contributed by atoms with Crippen molar-refractivity contribution in [3.63, 3.8) is 0 Å². The van der Waals surface area contributed by atoms with Gasteiger partial charge in [0, 0.05) is 11.5 Å². The Labute approximate surface area is 81.4 Å². The average molecular weight is 190 g/mol. The molecule has 0 unspecified atom stereocenters. The minimum absolute atomic E-state index is 0.434. The Kier molecular flexibility index (Phi) is 4.17. The molecule has 0 aliphatic heterocycles. The molecule has 0 fully saturated rings. The normalized spacial score (nSPS) is 9.14. The summed E-state index contributed by atoms with van der Waals surface area (Å²) >= 11 is 0. The maximum atomic E-state index is 10.1. The number of nitroso groups, excluding NO2 is 1. The fourth-order valence-corrected chi connectivity index (χ4v) is 1.12. The minimum atomic E-state index is 0.434. The van der Waals surface area contributed by atoms with E-state index in [0.29, 0.717) is 12.2 Å². The first-order valence-electron chi connectivity index (χ1n) is 4.30. The monoisotopic (exact) mass is 190 g/mol. The summed E-state index contributed by atoms with van der Waals surface area (Å²) in [5, 5.41) is 6.24. The molecule has 0 saturated heterocycles. The molecule has 72 valence electrons. The standard InChI is InChI=1S/C9H10N4O/c10-13-11-7-1-2-8-3-5-9(12-14)6-4-8/h3-6H,1-2,7H2. The van der Waals surface area contributed by atoms with E-state index < -0.39 is 0 Å². The Hall–Kier alpha value is -1.87. The molecule has 0 N–H and O–H groups in total. The van der Waals surface area contributed by atoms with E-state index in [4.69, 9.17) is 5.53 Å². The summed E-state index contributed by atoms with van der Waals surface area (Å²) < 4.78 is 0. The third-order valence-electron chi connectivity index (χ3n) is 1.83. The maximum Gasteiger partial charge on any atom is 0.108 e. The van der Waals surface area contributed by atoms with Gasteiger partial charge < -0.3 is 0 Å². The molecular weight excluding hydrogens is 180 g/mol. The van der Waals surface area contributed by atoms with E-state index >= 15 is 0 Å². The molecule has 0 aliphatic carbocycles. The van der Waals surface area contributed by atoms with Gasteiger partial charge >= 0.3 is 0 Å². The van der Waals surface area contributed by atoms with Crippen LogP contribution in [-0.2, 0) is 6.42 Å². The van der Waals surface area contributed by atoms with Gasteiger partial charge in [0.05, 0.1) is 0 Å². The van der Waals surface area contributed by atoms with Crippen LogP contribution in [0.3, 0.4) is 0 Å². The van der Waals surface area contributed by atoms with Gasteiger partial charge in [-0.05, 0) is 41.2 Å². The number of hydrogen-bond acceptors (Lipinski definition) is 3. The fourth-order valence-electron chi connectivity index (χ4n) is 1.12. The second-order valence-electron chi connectivity index (χ2n) is 2.82. The highest BCUT2D eigenvalue weighted by Crippen LogP contribution is 2.13. The summed E-state index contributed by atoms with van der Waals surface area (Å²) in [6.45, 7) is 0.504. The third-order valence-corrected chi connectivity index (χ3v) is 1.83. The summed E-state index contributed by atoms with van der Waals surface area (Å²) in [4.78, 5) is 12.8. The highest BCUT2D eigenvalue weighted by molar-refractivity contribution is 5.38. The zero-order valence-electron chi connectivity index (χ0n) is 7.63. The Morgan fingerprint density at radius 2 is 2.00 bits per heavy atom. The molecule has 5 nitrogen and oxygen atoms in total. The molecule has 1 aromatic carbocycles. The molecule has 14 heavy (non-hydrogen) atoms. The van der Waals surface area contributed by atoms with Crippen molar-refractivity contribution in [2.45, 2.75) is 12.8 Å². The van der Waals surface area contributed by atoms with Crippen molar-refractivity contribution in [2.24, 2.45) is 10.3 Å². The minimum Gasteiger partial charge on any atom is -0.145 e. The van der Waals surface area contributed by atoms with Gasteiger partial charge in [-0.25, -0.2) is 0 Å². The lowest BCUT2D eigenvalue weighted by molar-refractivity contribution is 0.827. The molecule has 0 aliphatic rings. The predicted molar refractivity (Wildman–Crippen MR) is 54.2 cm³/mol. The van der Waals surface area contributed by atoms with Crippen LogP contribution in [0.2, 0.25) is 0 Å². The van der Waals surface area contributed by atoms with Crippen molar-refractivity contribution in [1.29, 1.82) is 0 Å². The van der Waals surface area contributed by atoms with E-state index in [1.54, 1.807) is 12.1 Å². The van der Waals surface area contributed by atoms with Crippen LogP contribution < -0.4 is 0 Å². The van der Waals surface area contributed by atoms with E-state index in [9.17, 15) is 4.91 Å². The van der Waals surface area contributed by atoms with Gasteiger partial charge in [-0.1, -0.05) is 17.2 Å². The topological polar surface area (TPSA) is 78.2 Å². The van der Waals surface area contributed by atoms with E-state index in [0.717, 1.165) is 18.4 Å². The van der Waals surface area contributed by atoms with Gasteiger partial charge in [-0.3, -0.25) is 0 Å². The molecule has 0 radical (unpaired) electrons. The Morgan fingerprint density at radius 3 is 2.57 bits per heavy atom. The first-order valence-corrected chi connectivity index (χ1v) is 4.30. The SMILES string of the molecule is [N-]=[N+]=NCCCc1ccc(N=O)cc1. The number of hydrogen-bond donors (Lipinski definition) is 0. The van der Waals surface area contributed by atoms with Gasteiger partial charge in [0.1, 0.15) is 5.69 Å². The number of azide groups is 1. The summed E-state index contributed by atoms with van der Waals surface area (Å²) in [6.07, 6.45) is 1.66. The first-order chi connectivity index (χ1) is 6.86. The van der Waals surface area contributed by atoms with Crippen LogP contribution in [-0.4, -0.2) is 6.54 Å². The summed E-state index contributed by atoms with van der Waals surface area (Å²) in [5.74, 6) is 0. The lowest BCUT2D eigenvalue weighted by Gasteiger charge is -1.98. The van der Waals surface area contributed by atoms with Crippen LogP contribution in [0.25, 0.3) is 10.4 Å². The van der Waals surface area contributed by atoms with E-state index in [-0.39, 0.29) is 0 Å². The van der Waals surface area contributed by atoms with Crippen LogP contribution in [0.15, 0.2) is 34.6 Å². The smallest absolute Gasteiger partial charge is 0.108 e. The molecule has 0 atom stereocenters. The number of nitrogens with zero attached hydrogens (tertiary/aromatic N) is 4. The lowest BCUT2D eigenvalue weighted by atomic mass is 10.1. The third kappa shape index (κ3) is 3.25. The zero-order chi connectivity index (χ0) is 10.2. The molecule has 1 rings (SSSR count). The molecule has 5 heteroatoms. The summed E-state index contributed by atoms with van der Waals surface area (Å²) in [5.41, 5.74) is 9.59. The molecule has 1 aromatic rings. The number of benzene rings is 1. The molecule has 0 saturated carbocycles. The van der Waals surface area contributed by atoms with Gasteiger partial charge in [-0.15, -0.1) is 4.91 Å². The van der Waals surface area contributed by atoms with Crippen LogP contribution in [0.5, 0.6) is 0 Å². The largest absolute Gasteiger partial charge is 0.145 e. The maximum absolute atomic E-state index is 10.1. The summed E-state index contributed by atoms with van der Waals surface area (Å²) in [6, 6.07) is 7.06. The quantitative estimate of drug-likeness (QED) is 0.230. The van der Waals surface area contributed by atoms with E-state index in [1.165, 1.54) is 0 Å². The molecule has 0 bridgehead atoms. The van der Waals surface area contributed by atoms with Crippen molar-refractivity contribution in [1.82, 2.24) is 0 Å². The average Bonchev–Trinajstić information content (AvgIpc) is 2.25. The highest BCUT2D eigenvalue weighted by Gasteiger charge is 1.93. The second-order valence-corrected chi connectivity index (χ2v) is 2.82. The van der Waals surface area contributed by atoms with E-state index in [1.807, 2.05) is 12.1 Å². The Balaban J connectivity index is 2.43. The first kappa shape index (κ1) is 10.2. The van der Waals surface area contributed by atoms with Gasteiger partial charge in [-0.2, -0.15) is 0 Å². The number of aryl methyl sites for hydroxylation is 1. The molecule has 0 amide bonds. The zero-order valence-corrected chi connectivity index (χ0v) is 7.63. The van der Waals surface area contributed by atoms with Crippen molar-refractivity contribution in [2.75, 3.05) is 6.54 Å². The van der Waals surface area contributed by atoms with E-state index in [2.05, 4.69) is 15.2 Å². The van der Waals surface area contributed by atoms with Crippen molar-refractivity contribution >= 4 is 5.69 Å². The molecule has 0 spiro atoms. The Bertz CT molecular complexity index is 340. The highest BCUT2D eigenvalue weighted by atomic mass is 16.3. The Morgan fingerprint density at radius 1 is 1.29 bits per heavy atom. The van der Waals surface area contributed by atoms with Crippen LogP contribution in [0.1, 0.15) is 12.0 Å².